The zero-order valence-corrected chi connectivity index (χ0v) is 7.51. The van der Waals surface area contributed by atoms with Gasteiger partial charge in [-0.15, -0.1) is 6.58 Å². The lowest BCUT2D eigenvalue weighted by molar-refractivity contribution is -0.477. The molecule has 0 bridgehead atoms. The van der Waals surface area contributed by atoms with E-state index in [0.29, 0.717) is 5.56 Å². The maximum Gasteiger partial charge on any atom is 0.376 e. The maximum atomic E-state index is 11.2. The molecule has 0 aliphatic heterocycles. The number of hydrogen-bond acceptors (Lipinski definition) is 4. The Kier molecular flexibility index (Phi) is 4.40. The van der Waals surface area contributed by atoms with Gasteiger partial charge in [0.1, 0.15) is 6.61 Å². The summed E-state index contributed by atoms with van der Waals surface area (Å²) in [5.74, 6) is -0.602. The highest BCUT2D eigenvalue weighted by Crippen LogP contribution is 2.01. The molecular formula is C10H10O4. The Morgan fingerprint density at radius 1 is 1.36 bits per heavy atom. The fourth-order valence-electron chi connectivity index (χ4n) is 0.753. The summed E-state index contributed by atoms with van der Waals surface area (Å²) >= 11 is 0. The van der Waals surface area contributed by atoms with Crippen molar-refractivity contribution in [3.63, 3.8) is 0 Å². The molecule has 1 rings (SSSR count). The van der Waals surface area contributed by atoms with E-state index in [2.05, 4.69) is 21.4 Å². The van der Waals surface area contributed by atoms with Gasteiger partial charge in [-0.25, -0.2) is 4.79 Å². The molecule has 4 nitrogen and oxygen atoms in total. The number of benzene rings is 1. The molecule has 0 unspecified atom stereocenters. The van der Waals surface area contributed by atoms with E-state index in [1.54, 1.807) is 30.3 Å². The minimum Gasteiger partial charge on any atom is -0.263 e. The second-order valence-corrected chi connectivity index (χ2v) is 2.38. The van der Waals surface area contributed by atoms with Crippen LogP contribution in [0.15, 0.2) is 43.0 Å². The molecule has 0 radical (unpaired) electrons. The standard InChI is InChI=1S/C10H10O4/c1-2-8-12-14-13-10(11)9-6-4-3-5-7-9/h2-7H,1,8H2. The summed E-state index contributed by atoms with van der Waals surface area (Å²) in [6.07, 6.45) is 1.47. The molecule has 4 heteroatoms. The second-order valence-electron chi connectivity index (χ2n) is 2.38. The first-order valence-corrected chi connectivity index (χ1v) is 4.01. The lowest BCUT2D eigenvalue weighted by Crippen LogP contribution is -2.06. The highest BCUT2D eigenvalue weighted by atomic mass is 17.5. The maximum absolute atomic E-state index is 11.2. The summed E-state index contributed by atoms with van der Waals surface area (Å²) in [5, 5.41) is 4.17. The molecule has 74 valence electrons. The van der Waals surface area contributed by atoms with E-state index in [0.717, 1.165) is 0 Å². The van der Waals surface area contributed by atoms with Crippen LogP contribution in [0.25, 0.3) is 0 Å². The van der Waals surface area contributed by atoms with Gasteiger partial charge in [-0.1, -0.05) is 24.3 Å². The van der Waals surface area contributed by atoms with Crippen molar-refractivity contribution in [2.24, 2.45) is 0 Å². The van der Waals surface area contributed by atoms with E-state index >= 15 is 0 Å². The fraction of sp³-hybridized carbons (Fsp3) is 0.100. The van der Waals surface area contributed by atoms with Gasteiger partial charge >= 0.3 is 5.97 Å². The predicted octanol–water partition coefficient (Wildman–Crippen LogP) is 1.89. The minimum absolute atomic E-state index is 0.155. The van der Waals surface area contributed by atoms with Gasteiger partial charge in [0.05, 0.1) is 5.56 Å². The van der Waals surface area contributed by atoms with Crippen LogP contribution in [-0.4, -0.2) is 12.6 Å². The smallest absolute Gasteiger partial charge is 0.263 e. The van der Waals surface area contributed by atoms with E-state index in [-0.39, 0.29) is 6.61 Å². The van der Waals surface area contributed by atoms with Gasteiger partial charge in [-0.3, -0.25) is 4.89 Å². The monoisotopic (exact) mass is 194 g/mol. The molecule has 0 aliphatic carbocycles. The quantitative estimate of drug-likeness (QED) is 0.311. The van der Waals surface area contributed by atoms with Gasteiger partial charge < -0.3 is 0 Å². The Labute approximate surface area is 81.6 Å². The van der Waals surface area contributed by atoms with Crippen LogP contribution < -0.4 is 0 Å². The molecule has 0 saturated heterocycles. The topological polar surface area (TPSA) is 44.8 Å². The first-order valence-electron chi connectivity index (χ1n) is 4.01. The van der Waals surface area contributed by atoms with Gasteiger partial charge in [0, 0.05) is 0 Å². The molecule has 0 amide bonds. The Morgan fingerprint density at radius 2 is 2.07 bits per heavy atom. The van der Waals surface area contributed by atoms with Crippen molar-refractivity contribution in [2.75, 3.05) is 6.61 Å². The lowest BCUT2D eigenvalue weighted by Gasteiger charge is -2.00. The summed E-state index contributed by atoms with van der Waals surface area (Å²) in [6, 6.07) is 8.46. The van der Waals surface area contributed by atoms with Gasteiger partial charge in [0.2, 0.25) is 0 Å². The highest BCUT2D eigenvalue weighted by Gasteiger charge is 2.06. The average molecular weight is 194 g/mol. The highest BCUT2D eigenvalue weighted by molar-refractivity contribution is 5.88. The summed E-state index contributed by atoms with van der Waals surface area (Å²) in [4.78, 5) is 19.9. The predicted molar refractivity (Wildman–Crippen MR) is 49.1 cm³/mol. The van der Waals surface area contributed by atoms with Crippen molar-refractivity contribution in [1.29, 1.82) is 0 Å². The van der Waals surface area contributed by atoms with Crippen LogP contribution in [0.4, 0.5) is 0 Å². The van der Waals surface area contributed by atoms with Crippen LogP contribution in [0.1, 0.15) is 10.4 Å². The molecule has 1 aromatic carbocycles. The number of carbonyl (C=O) groups is 1. The van der Waals surface area contributed by atoms with Crippen LogP contribution in [-0.2, 0) is 14.8 Å². The second kappa shape index (κ2) is 5.90. The largest absolute Gasteiger partial charge is 0.376 e. The minimum atomic E-state index is -0.602. The van der Waals surface area contributed by atoms with E-state index < -0.39 is 5.97 Å². The number of hydrogen-bond donors (Lipinski definition) is 0. The normalized spacial score (nSPS) is 9.43. The summed E-state index contributed by atoms with van der Waals surface area (Å²) in [7, 11) is 0. The first kappa shape index (κ1) is 10.4. The van der Waals surface area contributed by atoms with E-state index in [4.69, 9.17) is 0 Å². The molecular weight excluding hydrogens is 184 g/mol. The third-order valence-corrected chi connectivity index (χ3v) is 1.35. The molecule has 0 fully saturated rings. The van der Waals surface area contributed by atoms with Crippen molar-refractivity contribution in [3.8, 4) is 0 Å². The summed E-state index contributed by atoms with van der Waals surface area (Å²) < 4.78 is 0. The molecule has 0 N–H and O–H groups in total. The zero-order chi connectivity index (χ0) is 10.2. The summed E-state index contributed by atoms with van der Waals surface area (Å²) in [6.45, 7) is 3.54. The van der Waals surface area contributed by atoms with Gasteiger partial charge in [0.15, 0.2) is 0 Å². The van der Waals surface area contributed by atoms with E-state index in [1.807, 2.05) is 0 Å². The zero-order valence-electron chi connectivity index (χ0n) is 7.51. The van der Waals surface area contributed by atoms with E-state index in [9.17, 15) is 4.79 Å². The van der Waals surface area contributed by atoms with Gasteiger partial charge in [0.25, 0.3) is 0 Å². The third kappa shape index (κ3) is 3.38. The number of rotatable bonds is 5. The Balaban J connectivity index is 2.32. The van der Waals surface area contributed by atoms with Crippen LogP contribution in [0.2, 0.25) is 0 Å². The molecule has 0 saturated carbocycles. The van der Waals surface area contributed by atoms with Crippen LogP contribution in [0, 0.1) is 0 Å². The lowest BCUT2D eigenvalue weighted by atomic mass is 10.2. The third-order valence-electron chi connectivity index (χ3n) is 1.35. The van der Waals surface area contributed by atoms with Crippen molar-refractivity contribution in [1.82, 2.24) is 0 Å². The van der Waals surface area contributed by atoms with Crippen molar-refractivity contribution >= 4 is 5.97 Å². The molecule has 0 heterocycles. The summed E-state index contributed by atoms with van der Waals surface area (Å²) in [5.41, 5.74) is 0.398. The van der Waals surface area contributed by atoms with Crippen LogP contribution >= 0.6 is 0 Å². The Hall–Kier alpha value is -1.65. The van der Waals surface area contributed by atoms with Crippen molar-refractivity contribution in [3.05, 3.63) is 48.6 Å². The molecule has 0 aliphatic rings. The Bertz CT molecular complexity index is 294. The van der Waals surface area contributed by atoms with Crippen LogP contribution in [0.5, 0.6) is 0 Å². The molecule has 14 heavy (non-hydrogen) atoms. The van der Waals surface area contributed by atoms with Crippen molar-refractivity contribution < 1.29 is 19.6 Å². The Morgan fingerprint density at radius 3 is 2.71 bits per heavy atom. The average Bonchev–Trinajstić information content (AvgIpc) is 2.25. The van der Waals surface area contributed by atoms with Crippen LogP contribution in [0.3, 0.4) is 0 Å². The SMILES string of the molecule is C=CCOOOC(=O)c1ccccc1. The van der Waals surface area contributed by atoms with Gasteiger partial charge in [-0.2, -0.15) is 4.89 Å². The molecule has 1 aromatic rings. The number of carbonyl (C=O) groups excluding carboxylic acids is 1. The van der Waals surface area contributed by atoms with E-state index in [1.165, 1.54) is 6.08 Å². The van der Waals surface area contributed by atoms with Gasteiger partial charge in [-0.05, 0) is 17.2 Å². The molecule has 0 atom stereocenters. The first-order chi connectivity index (χ1) is 6.84. The molecule has 0 aromatic heterocycles. The molecule has 0 spiro atoms. The van der Waals surface area contributed by atoms with Crippen molar-refractivity contribution in [2.45, 2.75) is 0 Å². The fourth-order valence-corrected chi connectivity index (χ4v) is 0.753.